The van der Waals surface area contributed by atoms with E-state index in [9.17, 15) is 14.9 Å². The molecule has 0 spiro atoms. The van der Waals surface area contributed by atoms with E-state index in [0.717, 1.165) is 29.7 Å². The lowest BCUT2D eigenvalue weighted by Gasteiger charge is -2.31. The van der Waals surface area contributed by atoms with Gasteiger partial charge in [-0.25, -0.2) is 24.1 Å². The highest BCUT2D eigenvalue weighted by Crippen LogP contribution is 2.46. The third kappa shape index (κ3) is 4.90. The molecule has 0 radical (unpaired) electrons. The van der Waals surface area contributed by atoms with Crippen molar-refractivity contribution in [3.8, 4) is 11.9 Å². The molecule has 0 bridgehead atoms. The molecule has 0 unspecified atom stereocenters. The number of nitrogens with zero attached hydrogens (tertiary/aromatic N) is 7. The maximum atomic E-state index is 13.2. The second-order valence-electron chi connectivity index (χ2n) is 11.6. The zero-order valence-corrected chi connectivity index (χ0v) is 23.6. The summed E-state index contributed by atoms with van der Waals surface area (Å²) in [6, 6.07) is 13.9. The molecule has 0 atom stereocenters. The summed E-state index contributed by atoms with van der Waals surface area (Å²) < 4.78 is 8.82. The van der Waals surface area contributed by atoms with Crippen LogP contribution in [0.2, 0.25) is 0 Å². The first-order valence-corrected chi connectivity index (χ1v) is 13.9. The number of anilines is 2. The van der Waals surface area contributed by atoms with Crippen LogP contribution in [0.1, 0.15) is 57.4 Å². The van der Waals surface area contributed by atoms with Crippen molar-refractivity contribution >= 4 is 28.8 Å². The Kier molecular flexibility index (Phi) is 6.29. The highest BCUT2D eigenvalue weighted by atomic mass is 16.6. The van der Waals surface area contributed by atoms with Crippen LogP contribution >= 0.6 is 0 Å². The third-order valence-corrected chi connectivity index (χ3v) is 7.51. The van der Waals surface area contributed by atoms with Crippen LogP contribution in [-0.2, 0) is 29.7 Å². The predicted octanol–water partition coefficient (Wildman–Crippen LogP) is 4.59. The summed E-state index contributed by atoms with van der Waals surface area (Å²) in [4.78, 5) is 41.4. The summed E-state index contributed by atoms with van der Waals surface area (Å²) in [7, 11) is 0. The van der Waals surface area contributed by atoms with Gasteiger partial charge in [-0.15, -0.1) is 0 Å². The van der Waals surface area contributed by atoms with Gasteiger partial charge in [0.15, 0.2) is 11.5 Å². The number of nitrogens with one attached hydrogen (secondary N) is 1. The largest absolute Gasteiger partial charge is 0.444 e. The summed E-state index contributed by atoms with van der Waals surface area (Å²) >= 11 is 0. The Bertz CT molecular complexity index is 1770. The van der Waals surface area contributed by atoms with Crippen LogP contribution < -0.4 is 10.9 Å². The fraction of sp³-hybridized carbons (Fsp3) is 0.400. The fourth-order valence-corrected chi connectivity index (χ4v) is 5.21. The Balaban J connectivity index is 1.30. The molecule has 6 rings (SSSR count). The molecular formula is C30H32N8O3. The number of amides is 1. The average molecular weight is 553 g/mol. The normalized spacial score (nSPS) is 15.7. The smallest absolute Gasteiger partial charge is 0.410 e. The van der Waals surface area contributed by atoms with Gasteiger partial charge in [0, 0.05) is 31.5 Å². The van der Waals surface area contributed by atoms with Crippen LogP contribution in [0.4, 0.5) is 16.4 Å². The Morgan fingerprint density at radius 2 is 1.98 bits per heavy atom. The second kappa shape index (κ2) is 9.73. The molecule has 210 valence electrons. The topological polar surface area (TPSA) is 131 Å². The van der Waals surface area contributed by atoms with Gasteiger partial charge in [-0.1, -0.05) is 12.1 Å². The minimum absolute atomic E-state index is 0.203. The maximum absolute atomic E-state index is 13.2. The summed E-state index contributed by atoms with van der Waals surface area (Å²) in [5.41, 5.74) is 2.87. The quantitative estimate of drug-likeness (QED) is 0.380. The first-order valence-electron chi connectivity index (χ1n) is 13.9. The van der Waals surface area contributed by atoms with Crippen molar-refractivity contribution in [1.29, 1.82) is 5.26 Å². The number of rotatable bonds is 5. The highest BCUT2D eigenvalue weighted by molar-refractivity contribution is 5.77. The number of hydrogen-bond acceptors (Lipinski definition) is 8. The van der Waals surface area contributed by atoms with E-state index in [2.05, 4.69) is 16.4 Å². The average Bonchev–Trinajstić information content (AvgIpc) is 3.70. The number of fused-ring (bicyclic) bond motifs is 2. The van der Waals surface area contributed by atoms with Gasteiger partial charge < -0.3 is 15.0 Å². The highest BCUT2D eigenvalue weighted by Gasteiger charge is 2.46. The number of carbonyl (C=O) groups excluding carboxylic acids is 1. The van der Waals surface area contributed by atoms with Gasteiger partial charge >= 0.3 is 6.09 Å². The molecule has 41 heavy (non-hydrogen) atoms. The number of pyridine rings is 1. The molecule has 1 aliphatic carbocycles. The van der Waals surface area contributed by atoms with E-state index in [4.69, 9.17) is 14.7 Å². The molecule has 4 heterocycles. The van der Waals surface area contributed by atoms with Crippen LogP contribution in [0.5, 0.6) is 0 Å². The monoisotopic (exact) mass is 552 g/mol. The molecule has 1 fully saturated rings. The SMILES string of the molecule is CCn1c(=O)c2cnc(Nc3ccc4c(c3)CCN(C(=O)OC(C)(C)C)C4)nc2n1-c1cccc(C2(C#N)CC2)n1. The Morgan fingerprint density at radius 3 is 2.68 bits per heavy atom. The minimum Gasteiger partial charge on any atom is -0.444 e. The molecule has 4 aromatic rings. The van der Waals surface area contributed by atoms with Gasteiger partial charge in [0.1, 0.15) is 11.0 Å². The summed E-state index contributed by atoms with van der Waals surface area (Å²) in [6.45, 7) is 8.96. The van der Waals surface area contributed by atoms with Crippen molar-refractivity contribution < 1.29 is 9.53 Å². The number of ether oxygens (including phenoxy) is 1. The van der Waals surface area contributed by atoms with Crippen molar-refractivity contribution in [2.45, 2.75) is 71.1 Å². The van der Waals surface area contributed by atoms with Crippen LogP contribution in [0.3, 0.4) is 0 Å². The summed E-state index contributed by atoms with van der Waals surface area (Å²) in [6.07, 6.45) is 3.49. The number of hydrogen-bond donors (Lipinski definition) is 1. The molecule has 11 heteroatoms. The Morgan fingerprint density at radius 1 is 1.17 bits per heavy atom. The van der Waals surface area contributed by atoms with Crippen LogP contribution in [-0.4, -0.2) is 47.5 Å². The molecule has 0 saturated heterocycles. The molecule has 1 saturated carbocycles. The molecule has 1 aromatic carbocycles. The van der Waals surface area contributed by atoms with E-state index >= 15 is 0 Å². The van der Waals surface area contributed by atoms with Crippen LogP contribution in [0.15, 0.2) is 47.4 Å². The summed E-state index contributed by atoms with van der Waals surface area (Å²) in [5.74, 6) is 0.878. The van der Waals surface area contributed by atoms with Gasteiger partial charge in [0.05, 0.1) is 17.2 Å². The van der Waals surface area contributed by atoms with Crippen LogP contribution in [0.25, 0.3) is 16.9 Å². The number of carbonyl (C=O) groups is 1. The van der Waals surface area contributed by atoms with Gasteiger partial charge in [0.2, 0.25) is 5.95 Å². The van der Waals surface area contributed by atoms with E-state index in [-0.39, 0.29) is 11.7 Å². The van der Waals surface area contributed by atoms with Crippen molar-refractivity contribution in [2.24, 2.45) is 0 Å². The molecule has 1 amide bonds. The second-order valence-corrected chi connectivity index (χ2v) is 11.6. The minimum atomic E-state index is -0.547. The zero-order valence-electron chi connectivity index (χ0n) is 23.6. The first-order chi connectivity index (χ1) is 19.6. The van der Waals surface area contributed by atoms with Gasteiger partial charge in [0.25, 0.3) is 5.56 Å². The fourth-order valence-electron chi connectivity index (χ4n) is 5.21. The van der Waals surface area contributed by atoms with Crippen molar-refractivity contribution in [2.75, 3.05) is 11.9 Å². The van der Waals surface area contributed by atoms with Crippen LogP contribution in [0, 0.1) is 11.3 Å². The van der Waals surface area contributed by atoms with Crippen molar-refractivity contribution in [1.82, 2.24) is 29.2 Å². The standard InChI is InChI=1S/C30H32N8O3/c1-5-37-26(39)22-16-32-27(35-25(22)38(37)24-8-6-7-23(34-24)30(18-31)12-13-30)33-21-10-9-20-17-36(14-11-19(20)15-21)28(40)41-29(2,3)4/h6-10,15-16H,5,11-14,17H2,1-4H3,(H,32,33,35). The van der Waals surface area contributed by atoms with E-state index in [0.29, 0.717) is 54.5 Å². The lowest BCUT2D eigenvalue weighted by Crippen LogP contribution is -2.39. The molecule has 3 aromatic heterocycles. The van der Waals surface area contributed by atoms with Gasteiger partial charge in [-0.3, -0.25) is 4.79 Å². The van der Waals surface area contributed by atoms with Crippen molar-refractivity contribution in [3.05, 3.63) is 69.8 Å². The van der Waals surface area contributed by atoms with E-state index < -0.39 is 11.0 Å². The summed E-state index contributed by atoms with van der Waals surface area (Å²) in [5, 5.41) is 13.3. The first kappa shape index (κ1) is 26.5. The lowest BCUT2D eigenvalue weighted by atomic mass is 9.99. The van der Waals surface area contributed by atoms with Gasteiger partial charge in [-0.2, -0.15) is 10.2 Å². The molecule has 11 nitrogen and oxygen atoms in total. The Hall–Kier alpha value is -4.72. The molecule has 2 aliphatic rings. The van der Waals surface area contributed by atoms with E-state index in [1.807, 2.05) is 64.1 Å². The molecule has 1 aliphatic heterocycles. The van der Waals surface area contributed by atoms with Gasteiger partial charge in [-0.05, 0) is 82.3 Å². The lowest BCUT2D eigenvalue weighted by molar-refractivity contribution is 0.0224. The predicted molar refractivity (Wildman–Crippen MR) is 153 cm³/mol. The Labute approximate surface area is 237 Å². The van der Waals surface area contributed by atoms with Crippen molar-refractivity contribution in [3.63, 3.8) is 0 Å². The van der Waals surface area contributed by atoms with E-state index in [1.165, 1.54) is 6.20 Å². The number of benzene rings is 1. The maximum Gasteiger partial charge on any atom is 0.410 e. The number of nitriles is 1. The zero-order chi connectivity index (χ0) is 28.9. The molecular weight excluding hydrogens is 520 g/mol. The third-order valence-electron chi connectivity index (χ3n) is 7.51. The van der Waals surface area contributed by atoms with E-state index in [1.54, 1.807) is 14.3 Å². The molecule has 1 N–H and O–H groups in total. The number of aromatic nitrogens is 5.